The van der Waals surface area contributed by atoms with E-state index >= 15 is 0 Å². The number of benzene rings is 1. The quantitative estimate of drug-likeness (QED) is 0.603. The fraction of sp³-hybridized carbons (Fsp3) is 0.391. The molecule has 0 radical (unpaired) electrons. The number of carbonyl (C=O) groups excluding carboxylic acids is 1. The topological polar surface area (TPSA) is 42.4 Å². The van der Waals surface area contributed by atoms with Crippen molar-refractivity contribution in [1.29, 1.82) is 0 Å². The van der Waals surface area contributed by atoms with Crippen LogP contribution in [0.2, 0.25) is 0 Å². The number of rotatable bonds is 8. The van der Waals surface area contributed by atoms with Gasteiger partial charge in [-0.2, -0.15) is 0 Å². The Morgan fingerprint density at radius 1 is 1.21 bits per heavy atom. The van der Waals surface area contributed by atoms with Gasteiger partial charge in [-0.1, -0.05) is 42.5 Å². The van der Waals surface area contributed by atoms with Crippen molar-refractivity contribution in [1.82, 2.24) is 9.88 Å². The maximum absolute atomic E-state index is 13.1. The molecule has 4 nitrogen and oxygen atoms in total. The predicted octanol–water partition coefficient (Wildman–Crippen LogP) is 4.78. The summed E-state index contributed by atoms with van der Waals surface area (Å²) in [5.41, 5.74) is 1.88. The molecule has 3 rings (SSSR count). The molecule has 1 aromatic heterocycles. The van der Waals surface area contributed by atoms with Crippen molar-refractivity contribution in [3.63, 3.8) is 0 Å². The van der Waals surface area contributed by atoms with Crippen LogP contribution in [0.25, 0.3) is 6.08 Å². The smallest absolute Gasteiger partial charge is 0.256 e. The largest absolute Gasteiger partial charge is 0.381 e. The number of carbonyl (C=O) groups is 1. The number of hydrogen-bond donors (Lipinski definition) is 0. The molecule has 0 bridgehead atoms. The van der Waals surface area contributed by atoms with Gasteiger partial charge in [0, 0.05) is 38.3 Å². The molecule has 1 aromatic carbocycles. The molecule has 1 amide bonds. The van der Waals surface area contributed by atoms with Crippen molar-refractivity contribution in [2.24, 2.45) is 5.92 Å². The summed E-state index contributed by atoms with van der Waals surface area (Å²) >= 11 is 1.60. The number of thioether (sulfide) groups is 1. The molecule has 28 heavy (non-hydrogen) atoms. The van der Waals surface area contributed by atoms with Crippen LogP contribution in [0.3, 0.4) is 0 Å². The van der Waals surface area contributed by atoms with E-state index < -0.39 is 0 Å². The first-order chi connectivity index (χ1) is 13.8. The summed E-state index contributed by atoms with van der Waals surface area (Å²) in [6, 6.07) is 14.0. The fourth-order valence-corrected chi connectivity index (χ4v) is 4.11. The molecule has 1 saturated heterocycles. The third kappa shape index (κ3) is 5.94. The lowest BCUT2D eigenvalue weighted by atomic mass is 9.99. The van der Waals surface area contributed by atoms with Gasteiger partial charge in [0.2, 0.25) is 0 Å². The van der Waals surface area contributed by atoms with E-state index in [1.54, 1.807) is 18.0 Å². The summed E-state index contributed by atoms with van der Waals surface area (Å²) in [6.45, 7) is 5.16. The minimum absolute atomic E-state index is 0.0802. The summed E-state index contributed by atoms with van der Waals surface area (Å²) in [4.78, 5) is 19.6. The normalized spacial score (nSPS) is 15.0. The van der Waals surface area contributed by atoms with Gasteiger partial charge in [-0.25, -0.2) is 4.98 Å². The molecule has 2 aromatic rings. The zero-order valence-corrected chi connectivity index (χ0v) is 17.2. The molecule has 2 heterocycles. The Balaban J connectivity index is 1.62. The summed E-state index contributed by atoms with van der Waals surface area (Å²) in [7, 11) is 0. The van der Waals surface area contributed by atoms with E-state index in [-0.39, 0.29) is 5.91 Å². The van der Waals surface area contributed by atoms with Gasteiger partial charge in [0.05, 0.1) is 5.56 Å². The highest BCUT2D eigenvalue weighted by atomic mass is 32.2. The number of nitrogens with zero attached hydrogens (tertiary/aromatic N) is 2. The molecule has 0 aliphatic carbocycles. The second-order valence-electron chi connectivity index (χ2n) is 6.88. The van der Waals surface area contributed by atoms with Crippen LogP contribution >= 0.6 is 11.8 Å². The third-order valence-electron chi connectivity index (χ3n) is 4.92. The van der Waals surface area contributed by atoms with Crippen LogP contribution in [0.4, 0.5) is 0 Å². The molecule has 1 aliphatic rings. The van der Waals surface area contributed by atoms with Crippen LogP contribution in [-0.4, -0.2) is 47.8 Å². The van der Waals surface area contributed by atoms with E-state index in [1.807, 2.05) is 42.2 Å². The van der Waals surface area contributed by atoms with Gasteiger partial charge >= 0.3 is 0 Å². The van der Waals surface area contributed by atoms with Crippen molar-refractivity contribution in [3.05, 3.63) is 65.9 Å². The van der Waals surface area contributed by atoms with Crippen molar-refractivity contribution < 1.29 is 9.53 Å². The highest BCUT2D eigenvalue weighted by molar-refractivity contribution is 7.99. The van der Waals surface area contributed by atoms with E-state index in [1.165, 1.54) is 5.56 Å². The first-order valence-electron chi connectivity index (χ1n) is 9.94. The molecule has 1 fully saturated rings. The Morgan fingerprint density at radius 3 is 2.75 bits per heavy atom. The number of pyridine rings is 1. The number of amides is 1. The molecule has 148 valence electrons. The van der Waals surface area contributed by atoms with Crippen LogP contribution < -0.4 is 0 Å². The lowest BCUT2D eigenvalue weighted by molar-refractivity contribution is 0.0465. The molecule has 1 aliphatic heterocycles. The van der Waals surface area contributed by atoms with E-state index in [2.05, 4.69) is 29.3 Å². The fourth-order valence-electron chi connectivity index (χ4n) is 3.31. The van der Waals surface area contributed by atoms with Gasteiger partial charge in [0.15, 0.2) is 0 Å². The SMILES string of the molecule is CCN(CC1CCOCC1)C(=O)c1cccnc1SCC=Cc1ccccc1. The summed E-state index contributed by atoms with van der Waals surface area (Å²) < 4.78 is 5.44. The molecule has 0 unspecified atom stereocenters. The highest BCUT2D eigenvalue weighted by Gasteiger charge is 2.23. The van der Waals surface area contributed by atoms with Gasteiger partial charge < -0.3 is 9.64 Å². The number of hydrogen-bond acceptors (Lipinski definition) is 4. The van der Waals surface area contributed by atoms with Gasteiger partial charge in [-0.15, -0.1) is 11.8 Å². The molecular formula is C23H28N2O2S. The molecule has 0 spiro atoms. The average molecular weight is 397 g/mol. The van der Waals surface area contributed by atoms with Crippen molar-refractivity contribution in [2.75, 3.05) is 32.1 Å². The Morgan fingerprint density at radius 2 is 2.00 bits per heavy atom. The van der Waals surface area contributed by atoms with Crippen LogP contribution in [0.15, 0.2) is 59.8 Å². The molecule has 0 N–H and O–H groups in total. The Bertz CT molecular complexity index is 773. The zero-order chi connectivity index (χ0) is 19.6. The Labute approximate surface area is 172 Å². The zero-order valence-electron chi connectivity index (χ0n) is 16.4. The minimum Gasteiger partial charge on any atom is -0.381 e. The first-order valence-corrected chi connectivity index (χ1v) is 10.9. The predicted molar refractivity (Wildman–Crippen MR) is 116 cm³/mol. The lowest BCUT2D eigenvalue weighted by Gasteiger charge is -2.29. The first kappa shape index (κ1) is 20.6. The average Bonchev–Trinajstić information content (AvgIpc) is 2.76. The summed E-state index contributed by atoms with van der Waals surface area (Å²) in [5, 5.41) is 0.802. The van der Waals surface area contributed by atoms with Crippen LogP contribution in [-0.2, 0) is 4.74 Å². The molecule has 5 heteroatoms. The second-order valence-corrected chi connectivity index (χ2v) is 7.89. The molecular weight excluding hydrogens is 368 g/mol. The third-order valence-corrected chi connectivity index (χ3v) is 5.87. The van der Waals surface area contributed by atoms with Crippen molar-refractivity contribution >= 4 is 23.7 Å². The van der Waals surface area contributed by atoms with Crippen molar-refractivity contribution in [2.45, 2.75) is 24.8 Å². The second kappa shape index (κ2) is 11.0. The van der Waals surface area contributed by atoms with Gasteiger partial charge in [0.25, 0.3) is 5.91 Å². The monoisotopic (exact) mass is 396 g/mol. The van der Waals surface area contributed by atoms with Gasteiger partial charge in [0.1, 0.15) is 5.03 Å². The van der Waals surface area contributed by atoms with E-state index in [0.29, 0.717) is 18.0 Å². The van der Waals surface area contributed by atoms with Gasteiger partial charge in [-0.3, -0.25) is 4.79 Å². The number of aromatic nitrogens is 1. The molecule has 0 atom stereocenters. The maximum Gasteiger partial charge on any atom is 0.256 e. The summed E-state index contributed by atoms with van der Waals surface area (Å²) in [6.07, 6.45) is 8.03. The minimum atomic E-state index is 0.0802. The highest BCUT2D eigenvalue weighted by Crippen LogP contribution is 2.23. The molecule has 0 saturated carbocycles. The van der Waals surface area contributed by atoms with Crippen molar-refractivity contribution in [3.8, 4) is 0 Å². The standard InChI is InChI=1S/C23H28N2O2S/c1-2-25(18-20-12-15-27-16-13-20)23(26)21-11-6-14-24-22(21)28-17-7-10-19-8-4-3-5-9-19/h3-11,14,20H,2,12-13,15-18H2,1H3. The number of ether oxygens (including phenoxy) is 1. The maximum atomic E-state index is 13.1. The van der Waals surface area contributed by atoms with Crippen LogP contribution in [0.5, 0.6) is 0 Å². The summed E-state index contributed by atoms with van der Waals surface area (Å²) in [5.74, 6) is 1.38. The van der Waals surface area contributed by atoms with E-state index in [4.69, 9.17) is 4.74 Å². The van der Waals surface area contributed by atoms with Gasteiger partial charge in [-0.05, 0) is 43.4 Å². The van der Waals surface area contributed by atoms with E-state index in [0.717, 1.165) is 43.4 Å². The Hall–Kier alpha value is -2.11. The van der Waals surface area contributed by atoms with E-state index in [9.17, 15) is 4.79 Å². The van der Waals surface area contributed by atoms with Crippen LogP contribution in [0, 0.1) is 5.92 Å². The lowest BCUT2D eigenvalue weighted by Crippen LogP contribution is -2.37. The Kier molecular flexibility index (Phi) is 8.12. The van der Waals surface area contributed by atoms with Crippen LogP contribution in [0.1, 0.15) is 35.7 Å².